The number of halogens is 1. The molecule has 3 nitrogen and oxygen atoms in total. The van der Waals surface area contributed by atoms with Gasteiger partial charge in [0.2, 0.25) is 5.91 Å². The van der Waals surface area contributed by atoms with Gasteiger partial charge in [-0.1, -0.05) is 47.5 Å². The fourth-order valence-electron chi connectivity index (χ4n) is 2.98. The van der Waals surface area contributed by atoms with Crippen LogP contribution in [0.2, 0.25) is 0 Å². The van der Waals surface area contributed by atoms with Crippen LogP contribution in [0.4, 0.5) is 0 Å². The summed E-state index contributed by atoms with van der Waals surface area (Å²) in [6, 6.07) is 8.27. The Morgan fingerprint density at radius 3 is 2.95 bits per heavy atom. The van der Waals surface area contributed by atoms with E-state index in [2.05, 4.69) is 39.1 Å². The van der Waals surface area contributed by atoms with Crippen molar-refractivity contribution in [3.8, 4) is 0 Å². The van der Waals surface area contributed by atoms with Gasteiger partial charge in [0, 0.05) is 11.0 Å². The van der Waals surface area contributed by atoms with Crippen LogP contribution in [-0.4, -0.2) is 36.5 Å². The van der Waals surface area contributed by atoms with Crippen LogP contribution in [0.1, 0.15) is 38.2 Å². The average molecular weight is 353 g/mol. The summed E-state index contributed by atoms with van der Waals surface area (Å²) < 4.78 is 1.12. The van der Waals surface area contributed by atoms with Crippen LogP contribution in [0, 0.1) is 0 Å². The minimum atomic E-state index is 0.0814. The van der Waals surface area contributed by atoms with Gasteiger partial charge in [-0.05, 0) is 50.4 Å². The fourth-order valence-corrected chi connectivity index (χ4v) is 3.47. The Labute approximate surface area is 136 Å². The molecule has 0 saturated carbocycles. The van der Waals surface area contributed by atoms with E-state index in [1.807, 2.05) is 18.2 Å². The van der Waals surface area contributed by atoms with E-state index in [-0.39, 0.29) is 11.9 Å². The summed E-state index contributed by atoms with van der Waals surface area (Å²) >= 11 is 3.55. The van der Waals surface area contributed by atoms with Gasteiger partial charge in [0.1, 0.15) is 0 Å². The summed E-state index contributed by atoms with van der Waals surface area (Å²) in [6.45, 7) is 4.98. The zero-order valence-corrected chi connectivity index (χ0v) is 14.4. The van der Waals surface area contributed by atoms with Crippen LogP contribution in [0.3, 0.4) is 0 Å². The molecule has 1 aliphatic heterocycles. The predicted octanol–water partition coefficient (Wildman–Crippen LogP) is 3.37. The number of hydrogen-bond donors (Lipinski definition) is 1. The monoisotopic (exact) mass is 352 g/mol. The van der Waals surface area contributed by atoms with Crippen molar-refractivity contribution >= 4 is 21.8 Å². The highest BCUT2D eigenvalue weighted by Crippen LogP contribution is 2.18. The third-order valence-electron chi connectivity index (χ3n) is 4.08. The molecule has 1 aromatic carbocycles. The lowest BCUT2D eigenvalue weighted by Gasteiger charge is -2.34. The molecule has 1 saturated heterocycles. The number of benzene rings is 1. The van der Waals surface area contributed by atoms with E-state index in [1.54, 1.807) is 0 Å². The lowest BCUT2D eigenvalue weighted by Crippen LogP contribution is -2.50. The second-order valence-electron chi connectivity index (χ2n) is 5.68. The van der Waals surface area contributed by atoms with Crippen LogP contribution in [0.5, 0.6) is 0 Å². The molecular weight excluding hydrogens is 328 g/mol. The minimum Gasteiger partial charge on any atom is -0.354 e. The number of carbonyl (C=O) groups is 1. The number of likely N-dealkylation sites (tertiary alicyclic amines) is 1. The van der Waals surface area contributed by atoms with Gasteiger partial charge in [0.05, 0.1) is 6.04 Å². The summed E-state index contributed by atoms with van der Waals surface area (Å²) in [6.07, 6.45) is 5.37. The highest BCUT2D eigenvalue weighted by Gasteiger charge is 2.27. The van der Waals surface area contributed by atoms with Gasteiger partial charge < -0.3 is 5.32 Å². The maximum absolute atomic E-state index is 12.4. The molecule has 2 rings (SSSR count). The second kappa shape index (κ2) is 8.54. The fraction of sp³-hybridized carbons (Fsp3) is 0.588. The summed E-state index contributed by atoms with van der Waals surface area (Å²) in [5.74, 6) is 0.204. The first kappa shape index (κ1) is 16.5. The Morgan fingerprint density at radius 2 is 2.19 bits per heavy atom. The largest absolute Gasteiger partial charge is 0.354 e. The molecule has 1 fully saturated rings. The van der Waals surface area contributed by atoms with Gasteiger partial charge in [-0.15, -0.1) is 0 Å². The van der Waals surface area contributed by atoms with Gasteiger partial charge in [-0.2, -0.15) is 0 Å². The second-order valence-corrected chi connectivity index (χ2v) is 6.53. The Kier molecular flexibility index (Phi) is 6.71. The molecule has 116 valence electrons. The SMILES string of the molecule is CCCN1CCCCC1C(=O)NCCc1ccccc1Br. The molecule has 0 aromatic heterocycles. The van der Waals surface area contributed by atoms with E-state index >= 15 is 0 Å². The van der Waals surface area contributed by atoms with Gasteiger partial charge in [0.25, 0.3) is 0 Å². The highest BCUT2D eigenvalue weighted by molar-refractivity contribution is 9.10. The van der Waals surface area contributed by atoms with Gasteiger partial charge in [-0.25, -0.2) is 0 Å². The van der Waals surface area contributed by atoms with E-state index in [0.717, 1.165) is 36.8 Å². The third kappa shape index (κ3) is 4.82. The smallest absolute Gasteiger partial charge is 0.237 e. The number of nitrogens with one attached hydrogen (secondary N) is 1. The standard InChI is InChI=1S/C17H25BrN2O/c1-2-12-20-13-6-5-9-16(20)17(21)19-11-10-14-7-3-4-8-15(14)18/h3-4,7-8,16H,2,5-6,9-13H2,1H3,(H,19,21). The summed E-state index contributed by atoms with van der Waals surface area (Å²) in [5, 5.41) is 3.12. The molecule has 0 spiro atoms. The van der Waals surface area contributed by atoms with E-state index < -0.39 is 0 Å². The molecule has 21 heavy (non-hydrogen) atoms. The predicted molar refractivity (Wildman–Crippen MR) is 90.4 cm³/mol. The zero-order valence-electron chi connectivity index (χ0n) is 12.8. The van der Waals surface area contributed by atoms with Crippen molar-refractivity contribution in [2.45, 2.75) is 45.1 Å². The van der Waals surface area contributed by atoms with Crippen molar-refractivity contribution in [1.29, 1.82) is 0 Å². The van der Waals surface area contributed by atoms with E-state index in [0.29, 0.717) is 6.54 Å². The molecule has 4 heteroatoms. The van der Waals surface area contributed by atoms with Crippen molar-refractivity contribution in [2.24, 2.45) is 0 Å². The van der Waals surface area contributed by atoms with Crippen LogP contribution in [0.15, 0.2) is 28.7 Å². The highest BCUT2D eigenvalue weighted by atomic mass is 79.9. The maximum Gasteiger partial charge on any atom is 0.237 e. The lowest BCUT2D eigenvalue weighted by atomic mass is 10.0. The minimum absolute atomic E-state index is 0.0814. The number of carbonyl (C=O) groups excluding carboxylic acids is 1. The summed E-state index contributed by atoms with van der Waals surface area (Å²) in [4.78, 5) is 14.7. The number of piperidine rings is 1. The number of hydrogen-bond acceptors (Lipinski definition) is 2. The van der Waals surface area contributed by atoms with Crippen LogP contribution in [-0.2, 0) is 11.2 Å². The lowest BCUT2D eigenvalue weighted by molar-refractivity contribution is -0.127. The van der Waals surface area contributed by atoms with Crippen LogP contribution < -0.4 is 5.32 Å². The Hall–Kier alpha value is -0.870. The molecule has 1 N–H and O–H groups in total. The Morgan fingerprint density at radius 1 is 1.38 bits per heavy atom. The van der Waals surface area contributed by atoms with Crippen molar-refractivity contribution in [3.63, 3.8) is 0 Å². The molecule has 1 atom stereocenters. The third-order valence-corrected chi connectivity index (χ3v) is 4.85. The molecule has 1 amide bonds. The first-order chi connectivity index (χ1) is 10.2. The molecule has 0 aliphatic carbocycles. The van der Waals surface area contributed by atoms with Gasteiger partial charge in [0.15, 0.2) is 0 Å². The van der Waals surface area contributed by atoms with Crippen LogP contribution >= 0.6 is 15.9 Å². The van der Waals surface area contributed by atoms with Crippen molar-refractivity contribution in [2.75, 3.05) is 19.6 Å². The summed E-state index contributed by atoms with van der Waals surface area (Å²) in [7, 11) is 0. The Balaban J connectivity index is 1.82. The van der Waals surface area contributed by atoms with E-state index in [1.165, 1.54) is 18.4 Å². The number of rotatable bonds is 6. The topological polar surface area (TPSA) is 32.3 Å². The van der Waals surface area contributed by atoms with Gasteiger partial charge >= 0.3 is 0 Å². The molecular formula is C17H25BrN2O. The number of amides is 1. The normalized spacial score (nSPS) is 19.4. The van der Waals surface area contributed by atoms with Crippen molar-refractivity contribution in [3.05, 3.63) is 34.3 Å². The van der Waals surface area contributed by atoms with E-state index in [9.17, 15) is 4.79 Å². The number of nitrogens with zero attached hydrogens (tertiary/aromatic N) is 1. The molecule has 1 aliphatic rings. The van der Waals surface area contributed by atoms with Gasteiger partial charge in [-0.3, -0.25) is 9.69 Å². The first-order valence-corrected chi connectivity index (χ1v) is 8.77. The molecule has 0 bridgehead atoms. The van der Waals surface area contributed by atoms with Crippen molar-refractivity contribution in [1.82, 2.24) is 10.2 Å². The maximum atomic E-state index is 12.4. The Bertz CT molecular complexity index is 462. The van der Waals surface area contributed by atoms with Crippen LogP contribution in [0.25, 0.3) is 0 Å². The summed E-state index contributed by atoms with van der Waals surface area (Å²) in [5.41, 5.74) is 1.24. The quantitative estimate of drug-likeness (QED) is 0.851. The molecule has 1 aromatic rings. The molecule has 1 unspecified atom stereocenters. The average Bonchev–Trinajstić information content (AvgIpc) is 2.50. The first-order valence-electron chi connectivity index (χ1n) is 7.97. The zero-order chi connectivity index (χ0) is 15.1. The molecule has 0 radical (unpaired) electrons. The van der Waals surface area contributed by atoms with Crippen molar-refractivity contribution < 1.29 is 4.79 Å². The molecule has 1 heterocycles. The van der Waals surface area contributed by atoms with E-state index in [4.69, 9.17) is 0 Å².